The predicted octanol–water partition coefficient (Wildman–Crippen LogP) is -0.155. The lowest BCUT2D eigenvalue weighted by molar-refractivity contribution is 0.0174. The molecule has 22 heavy (non-hydrogen) atoms. The smallest absolute Gasteiger partial charge is 0.191 e. The van der Waals surface area contributed by atoms with Gasteiger partial charge in [-0.2, -0.15) is 0 Å². The van der Waals surface area contributed by atoms with Crippen molar-refractivity contribution in [2.75, 3.05) is 45.8 Å². The normalized spacial score (nSPS) is 38.8. The van der Waals surface area contributed by atoms with E-state index in [1.54, 1.807) is 0 Å². The van der Waals surface area contributed by atoms with Gasteiger partial charge < -0.3 is 15.7 Å². The highest BCUT2D eigenvalue weighted by molar-refractivity contribution is 5.80. The first-order valence-corrected chi connectivity index (χ1v) is 8.94. The summed E-state index contributed by atoms with van der Waals surface area (Å²) in [4.78, 5) is 9.98. The first-order valence-electron chi connectivity index (χ1n) is 8.94. The molecule has 126 valence electrons. The predicted molar refractivity (Wildman–Crippen MR) is 89.2 cm³/mol. The summed E-state index contributed by atoms with van der Waals surface area (Å²) >= 11 is 0. The molecule has 6 heteroatoms. The summed E-state index contributed by atoms with van der Waals surface area (Å²) < 4.78 is 0. The van der Waals surface area contributed by atoms with Gasteiger partial charge in [-0.15, -0.1) is 0 Å². The summed E-state index contributed by atoms with van der Waals surface area (Å²) in [6, 6.07) is 1.03. The largest absolute Gasteiger partial charge is 0.393 e. The van der Waals surface area contributed by atoms with E-state index in [4.69, 9.17) is 4.99 Å². The van der Waals surface area contributed by atoms with Gasteiger partial charge in [0.2, 0.25) is 0 Å². The zero-order chi connectivity index (χ0) is 15.4. The van der Waals surface area contributed by atoms with Gasteiger partial charge in [-0.1, -0.05) is 0 Å². The highest BCUT2D eigenvalue weighted by Gasteiger charge is 2.31. The Bertz CT molecular complexity index is 373. The van der Waals surface area contributed by atoms with E-state index >= 15 is 0 Å². The highest BCUT2D eigenvalue weighted by Crippen LogP contribution is 2.18. The third-order valence-corrected chi connectivity index (χ3v) is 5.23. The van der Waals surface area contributed by atoms with Crippen LogP contribution in [0, 0.1) is 0 Å². The minimum absolute atomic E-state index is 0.0998. The van der Waals surface area contributed by atoms with Gasteiger partial charge in [0.1, 0.15) is 0 Å². The van der Waals surface area contributed by atoms with E-state index in [9.17, 15) is 5.11 Å². The first-order chi connectivity index (χ1) is 10.7. The van der Waals surface area contributed by atoms with Crippen molar-refractivity contribution >= 4 is 5.96 Å². The molecule has 3 heterocycles. The first kappa shape index (κ1) is 16.0. The Morgan fingerprint density at radius 2 is 1.86 bits per heavy atom. The summed E-state index contributed by atoms with van der Waals surface area (Å²) in [5, 5.41) is 16.5. The van der Waals surface area contributed by atoms with Crippen LogP contribution in [-0.2, 0) is 0 Å². The molecule has 0 aromatic carbocycles. The maximum absolute atomic E-state index is 9.61. The van der Waals surface area contributed by atoms with Crippen molar-refractivity contribution in [3.63, 3.8) is 0 Å². The number of aliphatic hydroxyl groups excluding tert-OH is 1. The summed E-state index contributed by atoms with van der Waals surface area (Å²) in [6.45, 7) is 9.89. The number of guanidine groups is 1. The lowest BCUT2D eigenvalue weighted by Gasteiger charge is -2.47. The Kier molecular flexibility index (Phi) is 5.55. The minimum Gasteiger partial charge on any atom is -0.393 e. The van der Waals surface area contributed by atoms with Crippen LogP contribution in [0.4, 0.5) is 0 Å². The van der Waals surface area contributed by atoms with E-state index in [1.165, 1.54) is 32.7 Å². The van der Waals surface area contributed by atoms with Crippen molar-refractivity contribution in [3.05, 3.63) is 0 Å². The van der Waals surface area contributed by atoms with Crippen LogP contribution in [0.25, 0.3) is 0 Å². The van der Waals surface area contributed by atoms with Gasteiger partial charge in [0, 0.05) is 51.4 Å². The van der Waals surface area contributed by atoms with E-state index in [2.05, 4.69) is 27.4 Å². The van der Waals surface area contributed by atoms with Gasteiger partial charge in [0.15, 0.2) is 5.96 Å². The average Bonchev–Trinajstić information content (AvgIpc) is 2.56. The molecule has 0 radical (unpaired) electrons. The number of piperazine rings is 3. The van der Waals surface area contributed by atoms with Gasteiger partial charge in [-0.05, 0) is 32.6 Å². The number of aliphatic hydroxyl groups is 1. The maximum atomic E-state index is 9.61. The van der Waals surface area contributed by atoms with E-state index < -0.39 is 0 Å². The average molecular weight is 309 g/mol. The minimum atomic E-state index is -0.0998. The second kappa shape index (κ2) is 7.62. The Morgan fingerprint density at radius 1 is 1.14 bits per heavy atom. The van der Waals surface area contributed by atoms with Crippen molar-refractivity contribution in [1.82, 2.24) is 20.4 Å². The molecule has 1 saturated carbocycles. The standard InChI is InChI=1S/C16H31N5O/c1-2-17-16(19-13-3-5-15(22)6-4-13)18-11-14-12-20-7-9-21(14)10-8-20/h13-15,22H,2-12H2,1H3,(H2,17,18,19). The fourth-order valence-electron chi connectivity index (χ4n) is 3.83. The Labute approximate surface area is 134 Å². The lowest BCUT2D eigenvalue weighted by atomic mass is 9.93. The monoisotopic (exact) mass is 309 g/mol. The topological polar surface area (TPSA) is 63.1 Å². The Morgan fingerprint density at radius 3 is 2.45 bits per heavy atom. The second-order valence-electron chi connectivity index (χ2n) is 6.86. The molecule has 3 N–H and O–H groups in total. The molecular formula is C16H31N5O. The quantitative estimate of drug-likeness (QED) is 0.498. The molecule has 3 aliphatic heterocycles. The van der Waals surface area contributed by atoms with Crippen LogP contribution < -0.4 is 10.6 Å². The number of hydrogen-bond acceptors (Lipinski definition) is 4. The van der Waals surface area contributed by atoms with Crippen LogP contribution in [-0.4, -0.2) is 84.9 Å². The van der Waals surface area contributed by atoms with Crippen molar-refractivity contribution in [2.45, 2.75) is 50.8 Å². The van der Waals surface area contributed by atoms with Crippen LogP contribution in [0.2, 0.25) is 0 Å². The molecule has 1 unspecified atom stereocenters. The molecule has 0 amide bonds. The van der Waals surface area contributed by atoms with E-state index in [-0.39, 0.29) is 6.10 Å². The number of nitrogens with one attached hydrogen (secondary N) is 2. The number of fused-ring (bicyclic) bond motifs is 3. The molecule has 4 aliphatic rings. The Balaban J connectivity index is 1.51. The number of rotatable bonds is 4. The summed E-state index contributed by atoms with van der Waals surface area (Å²) in [5.41, 5.74) is 0. The van der Waals surface area contributed by atoms with Crippen molar-refractivity contribution < 1.29 is 5.11 Å². The second-order valence-corrected chi connectivity index (χ2v) is 6.86. The highest BCUT2D eigenvalue weighted by atomic mass is 16.3. The van der Waals surface area contributed by atoms with Crippen LogP contribution in [0.5, 0.6) is 0 Å². The van der Waals surface area contributed by atoms with Crippen LogP contribution >= 0.6 is 0 Å². The zero-order valence-electron chi connectivity index (χ0n) is 13.8. The van der Waals surface area contributed by atoms with E-state index in [1.807, 2.05) is 0 Å². The van der Waals surface area contributed by atoms with Gasteiger partial charge in [-0.25, -0.2) is 0 Å². The summed E-state index contributed by atoms with van der Waals surface area (Å²) in [7, 11) is 0. The molecule has 6 nitrogen and oxygen atoms in total. The molecule has 1 atom stereocenters. The molecule has 1 aliphatic carbocycles. The van der Waals surface area contributed by atoms with Crippen molar-refractivity contribution in [3.8, 4) is 0 Å². The summed E-state index contributed by atoms with van der Waals surface area (Å²) in [6.07, 6.45) is 3.78. The zero-order valence-corrected chi connectivity index (χ0v) is 13.8. The molecule has 0 spiro atoms. The van der Waals surface area contributed by atoms with Crippen LogP contribution in [0.15, 0.2) is 4.99 Å². The number of hydrogen-bond donors (Lipinski definition) is 3. The SMILES string of the molecule is CCNC(=NCC1CN2CCN1CC2)NC1CCC(O)CC1. The molecule has 4 fully saturated rings. The van der Waals surface area contributed by atoms with Gasteiger partial charge in [0.25, 0.3) is 0 Å². The molecule has 0 aromatic rings. The van der Waals surface area contributed by atoms with E-state index in [0.29, 0.717) is 12.1 Å². The molecule has 3 saturated heterocycles. The number of nitrogens with zero attached hydrogens (tertiary/aromatic N) is 3. The van der Waals surface area contributed by atoms with Crippen molar-refractivity contribution in [1.29, 1.82) is 0 Å². The fourth-order valence-corrected chi connectivity index (χ4v) is 3.83. The summed E-state index contributed by atoms with van der Waals surface area (Å²) in [5.74, 6) is 0.946. The molecular weight excluding hydrogens is 278 g/mol. The lowest BCUT2D eigenvalue weighted by Crippen LogP contribution is -2.62. The molecule has 2 bridgehead atoms. The number of aliphatic imine (C=N–C) groups is 1. The van der Waals surface area contributed by atoms with Crippen molar-refractivity contribution in [2.24, 2.45) is 4.99 Å². The fraction of sp³-hybridized carbons (Fsp3) is 0.938. The van der Waals surface area contributed by atoms with Gasteiger partial charge in [0.05, 0.1) is 12.6 Å². The van der Waals surface area contributed by atoms with Crippen LogP contribution in [0.1, 0.15) is 32.6 Å². The Hall–Kier alpha value is -0.850. The molecule has 4 rings (SSSR count). The van der Waals surface area contributed by atoms with E-state index in [0.717, 1.165) is 44.7 Å². The van der Waals surface area contributed by atoms with Crippen LogP contribution in [0.3, 0.4) is 0 Å². The maximum Gasteiger partial charge on any atom is 0.191 e. The van der Waals surface area contributed by atoms with Gasteiger partial charge >= 0.3 is 0 Å². The van der Waals surface area contributed by atoms with Gasteiger partial charge in [-0.3, -0.25) is 14.8 Å². The third kappa shape index (κ3) is 4.12. The molecule has 0 aromatic heterocycles. The third-order valence-electron chi connectivity index (χ3n) is 5.23.